The van der Waals surface area contributed by atoms with Gasteiger partial charge in [-0.1, -0.05) is 6.92 Å². The van der Waals surface area contributed by atoms with Gasteiger partial charge in [0.15, 0.2) is 0 Å². The number of hydrogen-bond donors (Lipinski definition) is 1. The van der Waals surface area contributed by atoms with E-state index in [4.69, 9.17) is 4.74 Å². The average Bonchev–Trinajstić information content (AvgIpc) is 2.35. The van der Waals surface area contributed by atoms with Crippen LogP contribution in [0, 0.1) is 17.8 Å². The van der Waals surface area contributed by atoms with Crippen LogP contribution < -0.4 is 5.32 Å². The van der Waals surface area contributed by atoms with Crippen molar-refractivity contribution >= 4 is 0 Å². The highest BCUT2D eigenvalue weighted by Gasteiger charge is 2.50. The summed E-state index contributed by atoms with van der Waals surface area (Å²) in [5.74, 6) is 2.34. The second-order valence-electron chi connectivity index (χ2n) is 6.91. The second kappa shape index (κ2) is 3.99. The molecule has 1 N–H and O–H groups in total. The van der Waals surface area contributed by atoms with Crippen LogP contribution in [0.25, 0.3) is 0 Å². The molecule has 0 aromatic carbocycles. The standard InChI is InChI=1S/C14H27NO/c1-10-9-15-7-6-11(10)12-8-13(2,3)16-14(12,4)5/h10-12,15H,6-9H2,1-5H3. The Kier molecular flexibility index (Phi) is 3.09. The van der Waals surface area contributed by atoms with Crippen LogP contribution in [0.5, 0.6) is 0 Å². The minimum atomic E-state index is 0.0553. The first-order valence-electron chi connectivity index (χ1n) is 6.73. The molecule has 2 fully saturated rings. The van der Waals surface area contributed by atoms with Crippen molar-refractivity contribution in [1.82, 2.24) is 5.32 Å². The minimum absolute atomic E-state index is 0.0553. The number of piperidine rings is 1. The molecule has 2 aliphatic rings. The largest absolute Gasteiger partial charge is 0.369 e. The van der Waals surface area contributed by atoms with Crippen molar-refractivity contribution in [3.63, 3.8) is 0 Å². The SMILES string of the molecule is CC1CNCCC1C1CC(C)(C)OC1(C)C. The maximum Gasteiger partial charge on any atom is 0.0665 e. The van der Waals surface area contributed by atoms with Crippen molar-refractivity contribution in [2.45, 2.75) is 58.7 Å². The predicted molar refractivity (Wildman–Crippen MR) is 67.5 cm³/mol. The van der Waals surface area contributed by atoms with Gasteiger partial charge in [0, 0.05) is 0 Å². The Morgan fingerprint density at radius 2 is 1.88 bits per heavy atom. The third kappa shape index (κ3) is 2.28. The molecule has 2 nitrogen and oxygen atoms in total. The van der Waals surface area contributed by atoms with Crippen molar-refractivity contribution in [3.8, 4) is 0 Å². The Balaban J connectivity index is 2.13. The number of ether oxygens (including phenoxy) is 1. The first kappa shape index (κ1) is 12.4. The Morgan fingerprint density at radius 1 is 1.19 bits per heavy atom. The third-order valence-corrected chi connectivity index (χ3v) is 4.51. The van der Waals surface area contributed by atoms with E-state index in [1.165, 1.54) is 25.9 Å². The van der Waals surface area contributed by atoms with Crippen molar-refractivity contribution in [2.24, 2.45) is 17.8 Å². The molecular weight excluding hydrogens is 198 g/mol. The molecule has 2 aliphatic heterocycles. The van der Waals surface area contributed by atoms with Gasteiger partial charge in [-0.25, -0.2) is 0 Å². The topological polar surface area (TPSA) is 21.3 Å². The maximum atomic E-state index is 6.23. The molecule has 94 valence electrons. The molecule has 2 saturated heterocycles. The van der Waals surface area contributed by atoms with Gasteiger partial charge >= 0.3 is 0 Å². The molecule has 0 radical (unpaired) electrons. The van der Waals surface area contributed by atoms with Crippen LogP contribution in [0.15, 0.2) is 0 Å². The summed E-state index contributed by atoms with van der Waals surface area (Å²) in [5, 5.41) is 3.50. The maximum absolute atomic E-state index is 6.23. The van der Waals surface area contributed by atoms with Crippen molar-refractivity contribution in [3.05, 3.63) is 0 Å². The fourth-order valence-corrected chi connectivity index (χ4v) is 3.90. The highest BCUT2D eigenvalue weighted by atomic mass is 16.5. The number of hydrogen-bond acceptors (Lipinski definition) is 2. The summed E-state index contributed by atoms with van der Waals surface area (Å²) in [6.07, 6.45) is 2.53. The first-order chi connectivity index (χ1) is 7.32. The van der Waals surface area contributed by atoms with Gasteiger partial charge in [0.2, 0.25) is 0 Å². The zero-order valence-corrected chi connectivity index (χ0v) is 11.5. The van der Waals surface area contributed by atoms with Gasteiger partial charge < -0.3 is 10.1 Å². The van der Waals surface area contributed by atoms with Crippen LogP contribution in [-0.4, -0.2) is 24.3 Å². The molecule has 0 amide bonds. The second-order valence-corrected chi connectivity index (χ2v) is 6.91. The lowest BCUT2D eigenvalue weighted by atomic mass is 9.70. The minimum Gasteiger partial charge on any atom is -0.369 e. The number of nitrogens with one attached hydrogen (secondary N) is 1. The zero-order chi connectivity index (χ0) is 12.0. The predicted octanol–water partition coefficient (Wildman–Crippen LogP) is 2.83. The molecule has 2 heteroatoms. The molecule has 2 rings (SSSR count). The normalized spacial score (nSPS) is 42.2. The molecule has 3 atom stereocenters. The summed E-state index contributed by atoms with van der Waals surface area (Å²) in [6, 6.07) is 0. The van der Waals surface area contributed by atoms with Crippen molar-refractivity contribution in [1.29, 1.82) is 0 Å². The lowest BCUT2D eigenvalue weighted by Crippen LogP contribution is -2.43. The van der Waals surface area contributed by atoms with E-state index in [-0.39, 0.29) is 11.2 Å². The summed E-state index contributed by atoms with van der Waals surface area (Å²) < 4.78 is 6.23. The first-order valence-corrected chi connectivity index (χ1v) is 6.73. The molecule has 2 heterocycles. The molecule has 0 aromatic rings. The Morgan fingerprint density at radius 3 is 2.38 bits per heavy atom. The fraction of sp³-hybridized carbons (Fsp3) is 1.00. The van der Waals surface area contributed by atoms with E-state index in [2.05, 4.69) is 39.9 Å². The average molecular weight is 225 g/mol. The lowest BCUT2D eigenvalue weighted by Gasteiger charge is -2.39. The smallest absolute Gasteiger partial charge is 0.0665 e. The highest BCUT2D eigenvalue weighted by Crippen LogP contribution is 2.48. The molecule has 0 aromatic heterocycles. The van der Waals surface area contributed by atoms with E-state index in [9.17, 15) is 0 Å². The van der Waals surface area contributed by atoms with Gasteiger partial charge in [-0.3, -0.25) is 0 Å². The van der Waals surface area contributed by atoms with Crippen LogP contribution in [0.4, 0.5) is 0 Å². The molecule has 0 saturated carbocycles. The van der Waals surface area contributed by atoms with E-state index in [0.717, 1.165) is 17.8 Å². The van der Waals surface area contributed by atoms with Gasteiger partial charge in [-0.15, -0.1) is 0 Å². The van der Waals surface area contributed by atoms with Gasteiger partial charge in [0.25, 0.3) is 0 Å². The highest BCUT2D eigenvalue weighted by molar-refractivity contribution is 4.99. The van der Waals surface area contributed by atoms with E-state index < -0.39 is 0 Å². The summed E-state index contributed by atoms with van der Waals surface area (Å²) >= 11 is 0. The van der Waals surface area contributed by atoms with E-state index in [1.807, 2.05) is 0 Å². The monoisotopic (exact) mass is 225 g/mol. The fourth-order valence-electron chi connectivity index (χ4n) is 3.90. The van der Waals surface area contributed by atoms with Crippen LogP contribution in [0.3, 0.4) is 0 Å². The molecule has 16 heavy (non-hydrogen) atoms. The Hall–Kier alpha value is -0.0800. The molecule has 3 unspecified atom stereocenters. The van der Waals surface area contributed by atoms with Crippen LogP contribution >= 0.6 is 0 Å². The summed E-state index contributed by atoms with van der Waals surface area (Å²) in [7, 11) is 0. The number of rotatable bonds is 1. The van der Waals surface area contributed by atoms with Crippen LogP contribution in [0.1, 0.15) is 47.5 Å². The summed E-state index contributed by atoms with van der Waals surface area (Å²) in [4.78, 5) is 0. The summed E-state index contributed by atoms with van der Waals surface area (Å²) in [6.45, 7) is 13.8. The molecular formula is C14H27NO. The lowest BCUT2D eigenvalue weighted by molar-refractivity contribution is -0.0837. The van der Waals surface area contributed by atoms with Crippen LogP contribution in [0.2, 0.25) is 0 Å². The Bertz CT molecular complexity index is 259. The third-order valence-electron chi connectivity index (χ3n) is 4.51. The molecule has 0 spiro atoms. The Labute approximate surface area is 100 Å². The molecule has 0 aliphatic carbocycles. The van der Waals surface area contributed by atoms with Crippen LogP contribution in [-0.2, 0) is 4.74 Å². The van der Waals surface area contributed by atoms with Gasteiger partial charge in [0.05, 0.1) is 11.2 Å². The van der Waals surface area contributed by atoms with Gasteiger partial charge in [0.1, 0.15) is 0 Å². The van der Waals surface area contributed by atoms with Crippen molar-refractivity contribution < 1.29 is 4.74 Å². The van der Waals surface area contributed by atoms with E-state index in [0.29, 0.717) is 0 Å². The van der Waals surface area contributed by atoms with E-state index >= 15 is 0 Å². The van der Waals surface area contributed by atoms with Gasteiger partial charge in [-0.05, 0) is 71.4 Å². The zero-order valence-electron chi connectivity index (χ0n) is 11.5. The van der Waals surface area contributed by atoms with E-state index in [1.54, 1.807) is 0 Å². The van der Waals surface area contributed by atoms with Gasteiger partial charge in [-0.2, -0.15) is 0 Å². The molecule has 0 bridgehead atoms. The van der Waals surface area contributed by atoms with Crippen molar-refractivity contribution in [2.75, 3.05) is 13.1 Å². The summed E-state index contributed by atoms with van der Waals surface area (Å²) in [5.41, 5.74) is 0.124. The quantitative estimate of drug-likeness (QED) is 0.741.